The van der Waals surface area contributed by atoms with Crippen LogP contribution in [0.15, 0.2) is 41.2 Å². The number of ketones is 1. The number of aryl methyl sites for hydroxylation is 1. The fourth-order valence-electron chi connectivity index (χ4n) is 2.84. The highest BCUT2D eigenvalue weighted by atomic mass is 35.5. The second-order valence-corrected chi connectivity index (χ2v) is 7.10. The Kier molecular flexibility index (Phi) is 5.81. The fraction of sp³-hybridized carbons (Fsp3) is 0.150. The number of ether oxygens (including phenoxy) is 1. The maximum absolute atomic E-state index is 12.6. The molecule has 2 N–H and O–H groups in total. The lowest BCUT2D eigenvalue weighted by molar-refractivity contribution is -0.136. The van der Waals surface area contributed by atoms with Crippen LogP contribution < -0.4 is 10.3 Å². The van der Waals surface area contributed by atoms with Crippen LogP contribution in [0.1, 0.15) is 23.2 Å². The Hall–Kier alpha value is -3.03. The fourth-order valence-corrected chi connectivity index (χ4v) is 3.16. The lowest BCUT2D eigenvalue weighted by Gasteiger charge is -2.13. The van der Waals surface area contributed by atoms with Gasteiger partial charge in [-0.3, -0.25) is 14.4 Å². The number of benzene rings is 2. The predicted molar refractivity (Wildman–Crippen MR) is 109 cm³/mol. The highest BCUT2D eigenvalue weighted by Gasteiger charge is 2.22. The summed E-state index contributed by atoms with van der Waals surface area (Å²) in [7, 11) is 1.44. The number of aromatic nitrogens is 1. The Morgan fingerprint density at radius 1 is 1.10 bits per heavy atom. The maximum atomic E-state index is 12.6. The first-order valence-electron chi connectivity index (χ1n) is 8.42. The van der Waals surface area contributed by atoms with Gasteiger partial charge in [0.1, 0.15) is 22.8 Å². The minimum absolute atomic E-state index is 0.246. The van der Waals surface area contributed by atoms with Gasteiger partial charge in [0.2, 0.25) is 0 Å². The van der Waals surface area contributed by atoms with Gasteiger partial charge in [-0.15, -0.1) is 0 Å². The zero-order valence-corrected chi connectivity index (χ0v) is 16.6. The minimum Gasteiger partial charge on any atom is -0.506 e. The summed E-state index contributed by atoms with van der Waals surface area (Å²) < 4.78 is 6.92. The average molecular weight is 436 g/mol. The van der Waals surface area contributed by atoms with E-state index < -0.39 is 41.5 Å². The summed E-state index contributed by atoms with van der Waals surface area (Å²) in [4.78, 5) is 35.6. The molecule has 2 aromatic carbocycles. The zero-order valence-electron chi connectivity index (χ0n) is 15.1. The topological polar surface area (TPSA) is 106 Å². The van der Waals surface area contributed by atoms with Crippen molar-refractivity contribution in [3.05, 3.63) is 62.4 Å². The van der Waals surface area contributed by atoms with Gasteiger partial charge in [-0.2, -0.15) is 0 Å². The van der Waals surface area contributed by atoms with Gasteiger partial charge in [-0.25, -0.2) is 0 Å². The van der Waals surface area contributed by atoms with Gasteiger partial charge in [-0.1, -0.05) is 23.2 Å². The van der Waals surface area contributed by atoms with E-state index in [2.05, 4.69) is 0 Å². The van der Waals surface area contributed by atoms with Crippen molar-refractivity contribution in [1.82, 2.24) is 4.57 Å². The van der Waals surface area contributed by atoms with Crippen LogP contribution in [0.4, 0.5) is 0 Å². The molecular weight excluding hydrogens is 421 g/mol. The SMILES string of the molecule is Cn1c(=O)c(C(=O)CCC(=O)O)c(O)c2ccc(Oc3cc(Cl)ccc3Cl)cc21. The molecule has 0 spiro atoms. The summed E-state index contributed by atoms with van der Waals surface area (Å²) in [5.74, 6) is -1.75. The summed E-state index contributed by atoms with van der Waals surface area (Å²) >= 11 is 12.0. The maximum Gasteiger partial charge on any atom is 0.303 e. The molecule has 0 radical (unpaired) electrons. The number of Topliss-reactive ketones (excluding diaryl/α,β-unsaturated/α-hetero) is 1. The molecule has 29 heavy (non-hydrogen) atoms. The monoisotopic (exact) mass is 435 g/mol. The van der Waals surface area contributed by atoms with Crippen LogP contribution in [0.25, 0.3) is 10.9 Å². The summed E-state index contributed by atoms with van der Waals surface area (Å²) in [6.45, 7) is 0. The van der Waals surface area contributed by atoms with Crippen molar-refractivity contribution in [3.8, 4) is 17.2 Å². The van der Waals surface area contributed by atoms with E-state index >= 15 is 0 Å². The molecule has 0 bridgehead atoms. The Morgan fingerprint density at radius 3 is 2.52 bits per heavy atom. The standard InChI is InChI=1S/C20H15Cl2NO6/c1-23-14-9-11(29-16-8-10(21)2-5-13(16)22)3-4-12(14)19(27)18(20(23)28)15(24)6-7-17(25)26/h2-5,8-9,27H,6-7H2,1H3,(H,25,26). The number of aliphatic carboxylic acids is 1. The Labute approximate surface area is 174 Å². The smallest absolute Gasteiger partial charge is 0.303 e. The van der Waals surface area contributed by atoms with Crippen LogP contribution in [0, 0.1) is 0 Å². The van der Waals surface area contributed by atoms with Crippen molar-refractivity contribution >= 4 is 45.9 Å². The number of carbonyl (C=O) groups is 2. The molecule has 0 saturated heterocycles. The van der Waals surface area contributed by atoms with E-state index in [0.29, 0.717) is 27.1 Å². The first-order chi connectivity index (χ1) is 13.7. The van der Waals surface area contributed by atoms with Crippen LogP contribution in [0.3, 0.4) is 0 Å². The normalized spacial score (nSPS) is 10.9. The van der Waals surface area contributed by atoms with Crippen LogP contribution in [-0.2, 0) is 11.8 Å². The van der Waals surface area contributed by atoms with Crippen molar-refractivity contribution < 1.29 is 24.5 Å². The number of halogens is 2. The summed E-state index contributed by atoms with van der Waals surface area (Å²) in [6, 6.07) is 9.27. The number of nitrogens with zero attached hydrogens (tertiary/aromatic N) is 1. The third-order valence-electron chi connectivity index (χ3n) is 4.31. The number of pyridine rings is 1. The van der Waals surface area contributed by atoms with Gasteiger partial charge in [0.15, 0.2) is 5.78 Å². The van der Waals surface area contributed by atoms with Gasteiger partial charge in [0, 0.05) is 36.0 Å². The quantitative estimate of drug-likeness (QED) is 0.556. The van der Waals surface area contributed by atoms with E-state index in [0.717, 1.165) is 0 Å². The van der Waals surface area contributed by atoms with Crippen LogP contribution in [0.2, 0.25) is 10.0 Å². The summed E-state index contributed by atoms with van der Waals surface area (Å²) in [5.41, 5.74) is -0.853. The average Bonchev–Trinajstić information content (AvgIpc) is 2.67. The number of hydrogen-bond acceptors (Lipinski definition) is 5. The molecular formula is C20H15Cl2NO6. The van der Waals surface area contributed by atoms with Crippen molar-refractivity contribution in [1.29, 1.82) is 0 Å². The third kappa shape index (κ3) is 4.21. The van der Waals surface area contributed by atoms with Gasteiger partial charge < -0.3 is 19.5 Å². The zero-order chi connectivity index (χ0) is 21.3. The van der Waals surface area contributed by atoms with Gasteiger partial charge in [0.05, 0.1) is 17.0 Å². The number of carboxylic acids is 1. The number of carbonyl (C=O) groups excluding carboxylic acids is 1. The largest absolute Gasteiger partial charge is 0.506 e. The molecule has 0 atom stereocenters. The van der Waals surface area contributed by atoms with E-state index in [9.17, 15) is 19.5 Å². The molecule has 3 aromatic rings. The molecule has 9 heteroatoms. The van der Waals surface area contributed by atoms with Gasteiger partial charge in [-0.05, 0) is 24.3 Å². The number of rotatable bonds is 6. The summed E-state index contributed by atoms with van der Waals surface area (Å²) in [5, 5.41) is 20.2. The number of hydrogen-bond donors (Lipinski definition) is 2. The van der Waals surface area contributed by atoms with Crippen LogP contribution in [0.5, 0.6) is 17.2 Å². The van der Waals surface area contributed by atoms with E-state index in [1.165, 1.54) is 35.9 Å². The van der Waals surface area contributed by atoms with Crippen molar-refractivity contribution in [2.45, 2.75) is 12.8 Å². The van der Waals surface area contributed by atoms with Crippen LogP contribution in [-0.4, -0.2) is 26.5 Å². The molecule has 0 unspecified atom stereocenters. The number of aromatic hydroxyl groups is 1. The molecule has 7 nitrogen and oxygen atoms in total. The Morgan fingerprint density at radius 2 is 1.83 bits per heavy atom. The molecule has 1 heterocycles. The highest BCUT2D eigenvalue weighted by molar-refractivity contribution is 6.34. The minimum atomic E-state index is -1.17. The van der Waals surface area contributed by atoms with E-state index in [1.807, 2.05) is 0 Å². The Bertz CT molecular complexity index is 1200. The number of fused-ring (bicyclic) bond motifs is 1. The molecule has 0 aliphatic heterocycles. The van der Waals surface area contributed by atoms with Crippen molar-refractivity contribution in [3.63, 3.8) is 0 Å². The third-order valence-corrected chi connectivity index (χ3v) is 4.85. The van der Waals surface area contributed by atoms with E-state index in [4.69, 9.17) is 33.0 Å². The van der Waals surface area contributed by atoms with E-state index in [1.54, 1.807) is 12.1 Å². The molecule has 0 aliphatic rings. The molecule has 0 amide bonds. The molecule has 1 aromatic heterocycles. The Balaban J connectivity index is 2.06. The first-order valence-corrected chi connectivity index (χ1v) is 9.18. The van der Waals surface area contributed by atoms with Gasteiger partial charge >= 0.3 is 5.97 Å². The van der Waals surface area contributed by atoms with Gasteiger partial charge in [0.25, 0.3) is 5.56 Å². The lowest BCUT2D eigenvalue weighted by atomic mass is 10.0. The van der Waals surface area contributed by atoms with Crippen molar-refractivity contribution in [2.75, 3.05) is 0 Å². The second-order valence-electron chi connectivity index (χ2n) is 6.26. The first kappa shape index (κ1) is 20.7. The van der Waals surface area contributed by atoms with E-state index in [-0.39, 0.29) is 5.39 Å². The highest BCUT2D eigenvalue weighted by Crippen LogP contribution is 2.35. The van der Waals surface area contributed by atoms with Crippen LogP contribution >= 0.6 is 23.2 Å². The molecule has 0 saturated carbocycles. The molecule has 0 fully saturated rings. The van der Waals surface area contributed by atoms with Crippen molar-refractivity contribution in [2.24, 2.45) is 7.05 Å². The second kappa shape index (κ2) is 8.14. The molecule has 0 aliphatic carbocycles. The molecule has 3 rings (SSSR count). The lowest BCUT2D eigenvalue weighted by Crippen LogP contribution is -2.25. The predicted octanol–water partition coefficient (Wildman–Crippen LogP) is 4.39. The summed E-state index contributed by atoms with van der Waals surface area (Å²) in [6.07, 6.45) is -0.829. The molecule has 150 valence electrons. The number of carboxylic acid groups (broad SMARTS) is 1.